The van der Waals surface area contributed by atoms with Crippen LogP contribution in [0.4, 0.5) is 18.9 Å². The van der Waals surface area contributed by atoms with E-state index in [0.717, 1.165) is 11.1 Å². The molecule has 0 atom stereocenters. The Labute approximate surface area is 129 Å². The van der Waals surface area contributed by atoms with Gasteiger partial charge in [0, 0.05) is 0 Å². The molecule has 7 heteroatoms. The first-order valence-electron chi connectivity index (χ1n) is 6.70. The molecule has 1 aromatic heterocycles. The standard InChI is InChI=1S/C16H11F3N2O2/c1-10-7-8-12(23-10)9-13-14(16(17,18)19)20-21(15(13)22)11-5-3-2-4-6-11/h2-9H,1H3/b13-9-. The second kappa shape index (κ2) is 5.42. The molecule has 0 unspecified atom stereocenters. The lowest BCUT2D eigenvalue weighted by Gasteiger charge is -2.10. The number of aryl methyl sites for hydroxylation is 1. The maximum Gasteiger partial charge on any atom is 0.435 e. The van der Waals surface area contributed by atoms with Gasteiger partial charge in [0.1, 0.15) is 11.5 Å². The summed E-state index contributed by atoms with van der Waals surface area (Å²) < 4.78 is 44.8. The second-order valence-electron chi connectivity index (χ2n) is 4.91. The molecule has 0 saturated carbocycles. The van der Waals surface area contributed by atoms with Crippen LogP contribution in [0, 0.1) is 6.92 Å². The van der Waals surface area contributed by atoms with Crippen LogP contribution in [0.1, 0.15) is 11.5 Å². The van der Waals surface area contributed by atoms with Gasteiger partial charge < -0.3 is 4.42 Å². The van der Waals surface area contributed by atoms with Gasteiger partial charge in [-0.1, -0.05) is 18.2 Å². The molecule has 23 heavy (non-hydrogen) atoms. The number of hydrogen-bond acceptors (Lipinski definition) is 3. The smallest absolute Gasteiger partial charge is 0.435 e. The maximum absolute atomic E-state index is 13.2. The summed E-state index contributed by atoms with van der Waals surface area (Å²) in [4.78, 5) is 12.4. The van der Waals surface area contributed by atoms with Crippen LogP contribution in [0.25, 0.3) is 6.08 Å². The average Bonchev–Trinajstić information content (AvgIpc) is 3.05. The normalized spacial score (nSPS) is 17.0. The number of nitrogens with zero attached hydrogens (tertiary/aromatic N) is 2. The van der Waals surface area contributed by atoms with Crippen molar-refractivity contribution in [2.75, 3.05) is 5.01 Å². The van der Waals surface area contributed by atoms with E-state index in [2.05, 4.69) is 5.10 Å². The van der Waals surface area contributed by atoms with Gasteiger partial charge in [0.15, 0.2) is 5.71 Å². The Morgan fingerprint density at radius 3 is 2.39 bits per heavy atom. The quantitative estimate of drug-likeness (QED) is 0.787. The summed E-state index contributed by atoms with van der Waals surface area (Å²) in [5.41, 5.74) is -1.52. The minimum Gasteiger partial charge on any atom is -0.462 e. The molecule has 2 heterocycles. The van der Waals surface area contributed by atoms with E-state index < -0.39 is 23.4 Å². The number of alkyl halides is 3. The lowest BCUT2D eigenvalue weighted by Crippen LogP contribution is -2.25. The summed E-state index contributed by atoms with van der Waals surface area (Å²) >= 11 is 0. The summed E-state index contributed by atoms with van der Waals surface area (Å²) in [6.45, 7) is 1.66. The Kier molecular flexibility index (Phi) is 3.55. The molecule has 2 aromatic rings. The molecule has 118 valence electrons. The third kappa shape index (κ3) is 2.90. The summed E-state index contributed by atoms with van der Waals surface area (Å²) in [5.74, 6) is -0.150. The number of amides is 1. The van der Waals surface area contributed by atoms with Gasteiger partial charge in [-0.05, 0) is 37.3 Å². The van der Waals surface area contributed by atoms with Crippen LogP contribution < -0.4 is 5.01 Å². The largest absolute Gasteiger partial charge is 0.462 e. The van der Waals surface area contributed by atoms with Crippen molar-refractivity contribution in [3.05, 3.63) is 59.6 Å². The predicted molar refractivity (Wildman–Crippen MR) is 78.8 cm³/mol. The first kappa shape index (κ1) is 15.1. The van der Waals surface area contributed by atoms with Crippen LogP contribution in [-0.2, 0) is 4.79 Å². The molecule has 0 N–H and O–H groups in total. The zero-order valence-electron chi connectivity index (χ0n) is 12.0. The number of furan rings is 1. The number of carbonyl (C=O) groups is 1. The Bertz CT molecular complexity index is 804. The molecule has 0 spiro atoms. The van der Waals surface area contributed by atoms with Crippen molar-refractivity contribution in [2.24, 2.45) is 5.10 Å². The molecule has 3 rings (SSSR count). The zero-order valence-corrected chi connectivity index (χ0v) is 12.0. The van der Waals surface area contributed by atoms with Crippen molar-refractivity contribution in [1.82, 2.24) is 0 Å². The fraction of sp³-hybridized carbons (Fsp3) is 0.125. The van der Waals surface area contributed by atoms with E-state index in [9.17, 15) is 18.0 Å². The number of hydrazone groups is 1. The Balaban J connectivity index is 2.07. The molecule has 1 amide bonds. The van der Waals surface area contributed by atoms with Gasteiger partial charge in [0.05, 0.1) is 11.3 Å². The summed E-state index contributed by atoms with van der Waals surface area (Å²) in [6.07, 6.45) is -3.68. The van der Waals surface area contributed by atoms with Crippen LogP contribution in [0.2, 0.25) is 0 Å². The molecule has 0 aliphatic carbocycles. The van der Waals surface area contributed by atoms with Crippen LogP contribution in [-0.4, -0.2) is 17.8 Å². The lowest BCUT2D eigenvalue weighted by atomic mass is 10.1. The van der Waals surface area contributed by atoms with Crippen LogP contribution in [0.15, 0.2) is 57.6 Å². The molecule has 0 radical (unpaired) electrons. The molecule has 4 nitrogen and oxygen atoms in total. The molecular weight excluding hydrogens is 309 g/mol. The first-order valence-corrected chi connectivity index (χ1v) is 6.70. The molecule has 1 aliphatic heterocycles. The van der Waals surface area contributed by atoms with E-state index in [-0.39, 0.29) is 11.4 Å². The predicted octanol–water partition coefficient (Wildman–Crippen LogP) is 3.94. The Morgan fingerprint density at radius 1 is 1.13 bits per heavy atom. The molecule has 0 bridgehead atoms. The number of anilines is 1. The number of benzene rings is 1. The van der Waals surface area contributed by atoms with E-state index >= 15 is 0 Å². The van der Waals surface area contributed by atoms with Crippen molar-refractivity contribution in [3.8, 4) is 0 Å². The maximum atomic E-state index is 13.2. The van der Waals surface area contributed by atoms with Crippen molar-refractivity contribution < 1.29 is 22.4 Å². The molecule has 0 saturated heterocycles. The van der Waals surface area contributed by atoms with Gasteiger partial charge >= 0.3 is 6.18 Å². The third-order valence-electron chi connectivity index (χ3n) is 3.19. The van der Waals surface area contributed by atoms with Gasteiger partial charge in [-0.3, -0.25) is 4.79 Å². The van der Waals surface area contributed by atoms with Crippen molar-refractivity contribution in [1.29, 1.82) is 0 Å². The number of carbonyl (C=O) groups excluding carboxylic acids is 1. The van der Waals surface area contributed by atoms with E-state index in [1.54, 1.807) is 31.2 Å². The fourth-order valence-electron chi connectivity index (χ4n) is 2.17. The van der Waals surface area contributed by atoms with Gasteiger partial charge in [-0.2, -0.15) is 23.3 Å². The van der Waals surface area contributed by atoms with E-state index in [4.69, 9.17) is 4.42 Å². The number of rotatable bonds is 2. The summed E-state index contributed by atoms with van der Waals surface area (Å²) in [7, 11) is 0. The van der Waals surface area contributed by atoms with Gasteiger partial charge in [0.2, 0.25) is 0 Å². The summed E-state index contributed by atoms with van der Waals surface area (Å²) in [5, 5.41) is 4.20. The zero-order chi connectivity index (χ0) is 16.6. The summed E-state index contributed by atoms with van der Waals surface area (Å²) in [6, 6.07) is 11.0. The van der Waals surface area contributed by atoms with Crippen LogP contribution in [0.5, 0.6) is 0 Å². The highest BCUT2D eigenvalue weighted by molar-refractivity contribution is 6.34. The van der Waals surface area contributed by atoms with Crippen LogP contribution >= 0.6 is 0 Å². The number of para-hydroxylation sites is 1. The van der Waals surface area contributed by atoms with E-state index in [1.807, 2.05) is 0 Å². The molecule has 1 aliphatic rings. The van der Waals surface area contributed by atoms with Gasteiger partial charge in [-0.25, -0.2) is 0 Å². The Morgan fingerprint density at radius 2 is 1.83 bits per heavy atom. The van der Waals surface area contributed by atoms with Gasteiger partial charge in [0.25, 0.3) is 5.91 Å². The fourth-order valence-corrected chi connectivity index (χ4v) is 2.17. The van der Waals surface area contributed by atoms with Crippen molar-refractivity contribution >= 4 is 23.4 Å². The Hall–Kier alpha value is -2.83. The molecular formula is C16H11F3N2O2. The molecule has 1 aromatic carbocycles. The van der Waals surface area contributed by atoms with E-state index in [0.29, 0.717) is 5.76 Å². The van der Waals surface area contributed by atoms with Crippen LogP contribution in [0.3, 0.4) is 0 Å². The van der Waals surface area contributed by atoms with Crippen molar-refractivity contribution in [2.45, 2.75) is 13.1 Å². The number of hydrogen-bond donors (Lipinski definition) is 0. The van der Waals surface area contributed by atoms with Gasteiger partial charge in [-0.15, -0.1) is 0 Å². The highest BCUT2D eigenvalue weighted by atomic mass is 19.4. The minimum absolute atomic E-state index is 0.165. The van der Waals surface area contributed by atoms with Crippen molar-refractivity contribution in [3.63, 3.8) is 0 Å². The highest BCUT2D eigenvalue weighted by Crippen LogP contribution is 2.32. The third-order valence-corrected chi connectivity index (χ3v) is 3.19. The average molecular weight is 320 g/mol. The topological polar surface area (TPSA) is 45.8 Å². The SMILES string of the molecule is Cc1ccc(/C=C2\C(=O)N(c3ccccc3)N=C2C(F)(F)F)o1. The lowest BCUT2D eigenvalue weighted by molar-refractivity contribution is -0.114. The second-order valence-corrected chi connectivity index (χ2v) is 4.91. The minimum atomic E-state index is -4.74. The highest BCUT2D eigenvalue weighted by Gasteiger charge is 2.46. The molecule has 0 fully saturated rings. The first-order chi connectivity index (χ1) is 10.9. The monoisotopic (exact) mass is 320 g/mol. The number of halogens is 3. The van der Waals surface area contributed by atoms with E-state index in [1.165, 1.54) is 18.2 Å².